The summed E-state index contributed by atoms with van der Waals surface area (Å²) in [5.74, 6) is 0.433. The predicted molar refractivity (Wildman–Crippen MR) is 79.1 cm³/mol. The molecule has 110 valence electrons. The zero-order chi connectivity index (χ0) is 14.4. The highest BCUT2D eigenvalue weighted by molar-refractivity contribution is 5.76. The zero-order valence-corrected chi connectivity index (χ0v) is 12.3. The Morgan fingerprint density at radius 2 is 2.05 bits per heavy atom. The van der Waals surface area contributed by atoms with Crippen molar-refractivity contribution in [2.24, 2.45) is 0 Å². The van der Waals surface area contributed by atoms with Gasteiger partial charge in [-0.25, -0.2) is 4.39 Å². The Hall–Kier alpha value is -1.38. The van der Waals surface area contributed by atoms with Crippen LogP contribution in [0.25, 0.3) is 0 Å². The fourth-order valence-corrected chi connectivity index (χ4v) is 2.86. The Kier molecular flexibility index (Phi) is 5.57. The van der Waals surface area contributed by atoms with Crippen LogP contribution in [0, 0.1) is 5.82 Å². The van der Waals surface area contributed by atoms with Crippen molar-refractivity contribution in [1.29, 1.82) is 0 Å². The highest BCUT2D eigenvalue weighted by atomic mass is 19.1. The van der Waals surface area contributed by atoms with E-state index in [1.54, 1.807) is 0 Å². The number of rotatable bonds is 4. The molecule has 1 atom stereocenters. The van der Waals surface area contributed by atoms with Gasteiger partial charge >= 0.3 is 0 Å². The third-order valence-electron chi connectivity index (χ3n) is 4.11. The Morgan fingerprint density at radius 1 is 1.30 bits per heavy atom. The lowest BCUT2D eigenvalue weighted by Crippen LogP contribution is -2.33. The lowest BCUT2D eigenvalue weighted by molar-refractivity contribution is -0.131. The van der Waals surface area contributed by atoms with Gasteiger partial charge in [-0.3, -0.25) is 4.79 Å². The first-order valence-corrected chi connectivity index (χ1v) is 7.74. The van der Waals surface area contributed by atoms with Crippen molar-refractivity contribution in [3.05, 3.63) is 35.6 Å². The van der Waals surface area contributed by atoms with E-state index in [1.807, 2.05) is 17.0 Å². The van der Waals surface area contributed by atoms with Crippen LogP contribution in [-0.4, -0.2) is 23.9 Å². The molecule has 1 amide bonds. The van der Waals surface area contributed by atoms with Crippen molar-refractivity contribution in [2.45, 2.75) is 51.4 Å². The van der Waals surface area contributed by atoms with E-state index in [0.29, 0.717) is 12.3 Å². The minimum absolute atomic E-state index is 0.196. The second kappa shape index (κ2) is 7.41. The van der Waals surface area contributed by atoms with Crippen LogP contribution in [0.4, 0.5) is 4.39 Å². The Bertz CT molecular complexity index is 429. The van der Waals surface area contributed by atoms with Crippen LogP contribution < -0.4 is 0 Å². The lowest BCUT2D eigenvalue weighted by Gasteiger charge is -2.25. The molecule has 0 saturated carbocycles. The van der Waals surface area contributed by atoms with Crippen molar-refractivity contribution in [3.63, 3.8) is 0 Å². The molecule has 0 spiro atoms. The molecule has 0 radical (unpaired) electrons. The average molecular weight is 277 g/mol. The largest absolute Gasteiger partial charge is 0.342 e. The highest BCUT2D eigenvalue weighted by Crippen LogP contribution is 2.27. The molecular weight excluding hydrogens is 253 g/mol. The van der Waals surface area contributed by atoms with Crippen LogP contribution in [0.5, 0.6) is 0 Å². The van der Waals surface area contributed by atoms with Crippen molar-refractivity contribution in [3.8, 4) is 0 Å². The molecule has 1 aromatic carbocycles. The van der Waals surface area contributed by atoms with Gasteiger partial charge in [-0.15, -0.1) is 0 Å². The summed E-state index contributed by atoms with van der Waals surface area (Å²) in [4.78, 5) is 14.2. The molecule has 2 nitrogen and oxygen atoms in total. The molecule has 1 aromatic rings. The maximum Gasteiger partial charge on any atom is 0.222 e. The topological polar surface area (TPSA) is 20.3 Å². The van der Waals surface area contributed by atoms with E-state index in [2.05, 4.69) is 6.92 Å². The summed E-state index contributed by atoms with van der Waals surface area (Å²) in [5, 5.41) is 0. The highest BCUT2D eigenvalue weighted by Gasteiger charge is 2.22. The van der Waals surface area contributed by atoms with Crippen molar-refractivity contribution in [2.75, 3.05) is 13.1 Å². The first-order valence-electron chi connectivity index (χ1n) is 7.74. The van der Waals surface area contributed by atoms with Gasteiger partial charge in [0.15, 0.2) is 0 Å². The summed E-state index contributed by atoms with van der Waals surface area (Å²) in [6.07, 6.45) is 5.99. The zero-order valence-electron chi connectivity index (χ0n) is 12.3. The van der Waals surface area contributed by atoms with E-state index in [1.165, 1.54) is 12.1 Å². The number of nitrogens with zero attached hydrogens (tertiary/aromatic N) is 1. The van der Waals surface area contributed by atoms with Gasteiger partial charge in [-0.1, -0.05) is 31.9 Å². The first-order chi connectivity index (χ1) is 9.70. The maximum atomic E-state index is 13.0. The Labute approximate surface area is 121 Å². The second-order valence-electron chi connectivity index (χ2n) is 5.69. The van der Waals surface area contributed by atoms with Gasteiger partial charge in [0.05, 0.1) is 0 Å². The van der Waals surface area contributed by atoms with E-state index < -0.39 is 0 Å². The van der Waals surface area contributed by atoms with Gasteiger partial charge in [0.25, 0.3) is 0 Å². The fraction of sp³-hybridized carbons (Fsp3) is 0.588. The quantitative estimate of drug-likeness (QED) is 0.811. The molecule has 0 bridgehead atoms. The van der Waals surface area contributed by atoms with Gasteiger partial charge in [-0.2, -0.15) is 0 Å². The number of hydrogen-bond donors (Lipinski definition) is 0. The average Bonchev–Trinajstić information content (AvgIpc) is 2.71. The van der Waals surface area contributed by atoms with E-state index in [4.69, 9.17) is 0 Å². The van der Waals surface area contributed by atoms with Crippen molar-refractivity contribution < 1.29 is 9.18 Å². The number of likely N-dealkylation sites (tertiary alicyclic amines) is 1. The van der Waals surface area contributed by atoms with Crippen LogP contribution in [0.3, 0.4) is 0 Å². The van der Waals surface area contributed by atoms with Crippen LogP contribution in [0.15, 0.2) is 24.3 Å². The standard InChI is InChI=1S/C17H24FNO/c1-2-3-7-17(20)19-12-5-4-6-15(13-19)14-8-10-16(18)11-9-14/h8-11,15H,2-7,12-13H2,1H3. The summed E-state index contributed by atoms with van der Waals surface area (Å²) < 4.78 is 13.0. The molecule has 0 aromatic heterocycles. The summed E-state index contributed by atoms with van der Waals surface area (Å²) >= 11 is 0. The van der Waals surface area contributed by atoms with Crippen LogP contribution in [-0.2, 0) is 4.79 Å². The molecule has 1 unspecified atom stereocenters. The number of unbranched alkanes of at least 4 members (excludes halogenated alkanes) is 1. The molecule has 0 aliphatic carbocycles. The van der Waals surface area contributed by atoms with E-state index in [9.17, 15) is 9.18 Å². The number of amides is 1. The van der Waals surface area contributed by atoms with Crippen molar-refractivity contribution in [1.82, 2.24) is 4.90 Å². The van der Waals surface area contributed by atoms with Crippen molar-refractivity contribution >= 4 is 5.91 Å². The molecule has 20 heavy (non-hydrogen) atoms. The van der Waals surface area contributed by atoms with Crippen LogP contribution in [0.1, 0.15) is 56.9 Å². The number of hydrogen-bond acceptors (Lipinski definition) is 1. The normalized spacial score (nSPS) is 19.7. The van der Waals surface area contributed by atoms with E-state index in [0.717, 1.165) is 50.8 Å². The molecule has 1 saturated heterocycles. The summed E-state index contributed by atoms with van der Waals surface area (Å²) in [6.45, 7) is 3.77. The SMILES string of the molecule is CCCCC(=O)N1CCCCC(c2ccc(F)cc2)C1. The number of halogens is 1. The molecule has 1 heterocycles. The molecule has 2 rings (SSSR count). The molecule has 1 aliphatic heterocycles. The third kappa shape index (κ3) is 4.06. The van der Waals surface area contributed by atoms with Crippen LogP contribution in [0.2, 0.25) is 0 Å². The van der Waals surface area contributed by atoms with Gasteiger partial charge in [0, 0.05) is 25.4 Å². The predicted octanol–water partition coefficient (Wildman–Crippen LogP) is 4.11. The van der Waals surface area contributed by atoms with Crippen LogP contribution >= 0.6 is 0 Å². The minimum Gasteiger partial charge on any atom is -0.342 e. The van der Waals surface area contributed by atoms with Gasteiger partial charge in [0.2, 0.25) is 5.91 Å². The summed E-state index contributed by atoms with van der Waals surface area (Å²) in [7, 11) is 0. The molecule has 0 N–H and O–H groups in total. The molecule has 1 fully saturated rings. The van der Waals surface area contributed by atoms with Gasteiger partial charge in [0.1, 0.15) is 5.82 Å². The Morgan fingerprint density at radius 3 is 2.75 bits per heavy atom. The smallest absolute Gasteiger partial charge is 0.222 e. The second-order valence-corrected chi connectivity index (χ2v) is 5.69. The van der Waals surface area contributed by atoms with E-state index >= 15 is 0 Å². The molecule has 3 heteroatoms. The summed E-state index contributed by atoms with van der Waals surface area (Å²) in [5.41, 5.74) is 1.15. The number of benzene rings is 1. The third-order valence-corrected chi connectivity index (χ3v) is 4.11. The number of carbonyl (C=O) groups is 1. The fourth-order valence-electron chi connectivity index (χ4n) is 2.86. The first kappa shape index (κ1) is 15.0. The molecule has 1 aliphatic rings. The van der Waals surface area contributed by atoms with Gasteiger partial charge < -0.3 is 4.90 Å². The van der Waals surface area contributed by atoms with E-state index in [-0.39, 0.29) is 11.7 Å². The maximum absolute atomic E-state index is 13.0. The summed E-state index contributed by atoms with van der Waals surface area (Å²) in [6, 6.07) is 6.76. The monoisotopic (exact) mass is 277 g/mol. The lowest BCUT2D eigenvalue weighted by atomic mass is 9.94. The van der Waals surface area contributed by atoms with Gasteiger partial charge in [-0.05, 0) is 37.0 Å². The number of carbonyl (C=O) groups excluding carboxylic acids is 1. The minimum atomic E-state index is -0.196. The molecular formula is C17H24FNO. The Balaban J connectivity index is 2.02.